The van der Waals surface area contributed by atoms with Gasteiger partial charge in [-0.05, 0) is 31.1 Å². The number of rotatable bonds is 0. The highest BCUT2D eigenvalue weighted by Gasteiger charge is 2.89. The molecule has 0 aromatic carbocycles. The summed E-state index contributed by atoms with van der Waals surface area (Å²) in [6.07, 6.45) is -9.76. The van der Waals surface area contributed by atoms with Gasteiger partial charge < -0.3 is 0 Å². The molecule has 0 aromatic heterocycles. The van der Waals surface area contributed by atoms with Crippen molar-refractivity contribution in [2.75, 3.05) is 0 Å². The van der Waals surface area contributed by atoms with Gasteiger partial charge in [0.25, 0.3) is 0 Å². The largest absolute Gasteiger partial charge is 0.410 e. The molecule has 0 saturated heterocycles. The van der Waals surface area contributed by atoms with Crippen LogP contribution >= 0.6 is 0 Å². The van der Waals surface area contributed by atoms with Gasteiger partial charge in [0.05, 0.1) is 0 Å². The van der Waals surface area contributed by atoms with Crippen molar-refractivity contribution in [2.45, 2.75) is 31.6 Å². The molecule has 0 N–H and O–H groups in total. The van der Waals surface area contributed by atoms with Crippen LogP contribution in [0.1, 0.15) is 19.3 Å². The van der Waals surface area contributed by atoms with E-state index in [1.807, 2.05) is 0 Å². The van der Waals surface area contributed by atoms with Crippen molar-refractivity contribution in [1.29, 1.82) is 0 Å². The number of Topliss-reactive ketones (excluding diaryl/α,β-unsaturated/α-hetero) is 1. The van der Waals surface area contributed by atoms with E-state index in [1.54, 1.807) is 0 Å². The lowest BCUT2D eigenvalue weighted by Gasteiger charge is -2.55. The second-order valence-electron chi connectivity index (χ2n) is 5.55. The first-order valence-electron chi connectivity index (χ1n) is 5.80. The Bertz CT molecular complexity index is 395. The minimum Gasteiger partial charge on any atom is -0.298 e. The van der Waals surface area contributed by atoms with Crippen molar-refractivity contribution in [1.82, 2.24) is 0 Å². The third kappa shape index (κ3) is 1.05. The van der Waals surface area contributed by atoms with E-state index in [2.05, 4.69) is 0 Å². The monoisotopic (exact) mass is 272 g/mol. The third-order valence-electron chi connectivity index (χ3n) is 5.00. The van der Waals surface area contributed by atoms with Crippen LogP contribution in [0.25, 0.3) is 0 Å². The number of hydrogen-bond donors (Lipinski definition) is 0. The maximum Gasteiger partial charge on any atom is 0.410 e. The van der Waals surface area contributed by atoms with E-state index in [1.165, 1.54) is 0 Å². The van der Waals surface area contributed by atoms with Crippen LogP contribution in [-0.2, 0) is 4.79 Å². The summed E-state index contributed by atoms with van der Waals surface area (Å²) in [5.41, 5.74) is -4.08. The maximum absolute atomic E-state index is 12.9. The van der Waals surface area contributed by atoms with Crippen LogP contribution < -0.4 is 0 Å². The maximum atomic E-state index is 12.9. The van der Waals surface area contributed by atoms with Crippen LogP contribution in [0.15, 0.2) is 0 Å². The Balaban J connectivity index is 2.10. The fraction of sp³-hybridized carbons (Fsp3) is 0.909. The number of fused-ring (bicyclic) bond motifs is 5. The number of carbonyl (C=O) groups is 1. The molecule has 3 aliphatic rings. The van der Waals surface area contributed by atoms with Crippen molar-refractivity contribution in [3.63, 3.8) is 0 Å². The van der Waals surface area contributed by atoms with Crippen molar-refractivity contribution in [3.8, 4) is 0 Å². The first-order chi connectivity index (χ1) is 8.12. The molecule has 3 saturated carbocycles. The van der Waals surface area contributed by atoms with E-state index >= 15 is 0 Å². The van der Waals surface area contributed by atoms with Crippen LogP contribution in [0.3, 0.4) is 0 Å². The highest BCUT2D eigenvalue weighted by atomic mass is 19.4. The first kappa shape index (κ1) is 12.3. The Morgan fingerprint density at radius 2 is 1.44 bits per heavy atom. The first-order valence-corrected chi connectivity index (χ1v) is 5.80. The topological polar surface area (TPSA) is 17.1 Å². The van der Waals surface area contributed by atoms with Crippen molar-refractivity contribution >= 4 is 5.78 Å². The number of hydrogen-bond acceptors (Lipinski definition) is 1. The van der Waals surface area contributed by atoms with E-state index in [-0.39, 0.29) is 5.92 Å². The third-order valence-corrected chi connectivity index (χ3v) is 5.00. The molecule has 18 heavy (non-hydrogen) atoms. The molecule has 4 atom stereocenters. The Hall–Kier alpha value is -0.750. The van der Waals surface area contributed by atoms with E-state index in [0.717, 1.165) is 0 Å². The zero-order chi connectivity index (χ0) is 13.5. The van der Waals surface area contributed by atoms with Gasteiger partial charge in [-0.25, -0.2) is 0 Å². The van der Waals surface area contributed by atoms with Gasteiger partial charge in [-0.2, -0.15) is 26.3 Å². The average molecular weight is 272 g/mol. The van der Waals surface area contributed by atoms with Crippen LogP contribution in [0.4, 0.5) is 26.3 Å². The summed E-state index contributed by atoms with van der Waals surface area (Å²) in [6, 6.07) is 0. The van der Waals surface area contributed by atoms with Gasteiger partial charge >= 0.3 is 12.4 Å². The fourth-order valence-corrected chi connectivity index (χ4v) is 4.44. The number of halogens is 6. The second-order valence-corrected chi connectivity index (χ2v) is 5.55. The fourth-order valence-electron chi connectivity index (χ4n) is 4.44. The van der Waals surface area contributed by atoms with Crippen LogP contribution in [-0.4, -0.2) is 18.1 Å². The lowest BCUT2D eigenvalue weighted by Crippen LogP contribution is -2.72. The summed E-state index contributed by atoms with van der Waals surface area (Å²) >= 11 is 0. The summed E-state index contributed by atoms with van der Waals surface area (Å²) in [7, 11) is 0. The molecule has 1 nitrogen and oxygen atoms in total. The molecule has 0 heterocycles. The van der Waals surface area contributed by atoms with Gasteiger partial charge in [0, 0.05) is 11.8 Å². The van der Waals surface area contributed by atoms with Crippen molar-refractivity contribution in [2.24, 2.45) is 29.1 Å². The molecule has 3 aliphatic carbocycles. The van der Waals surface area contributed by atoms with E-state index in [0.29, 0.717) is 19.3 Å². The van der Waals surface area contributed by atoms with Gasteiger partial charge in [0.1, 0.15) is 0 Å². The molecule has 0 aromatic rings. The SMILES string of the molecule is O=C1[C@@H]2[C@H]3CC[C@H](C3)[C@@H]2C1(C(F)(F)F)C(F)(F)F. The summed E-state index contributed by atoms with van der Waals surface area (Å²) < 4.78 is 77.5. The van der Waals surface area contributed by atoms with Crippen LogP contribution in [0.2, 0.25) is 0 Å². The molecule has 2 bridgehead atoms. The molecule has 0 aliphatic heterocycles. The van der Waals surface area contributed by atoms with E-state index < -0.39 is 41.3 Å². The van der Waals surface area contributed by atoms with E-state index in [9.17, 15) is 31.1 Å². The quantitative estimate of drug-likeness (QED) is 0.618. The minimum absolute atomic E-state index is 0.259. The number of ketones is 1. The lowest BCUT2D eigenvalue weighted by atomic mass is 9.47. The van der Waals surface area contributed by atoms with Gasteiger partial charge in [-0.3, -0.25) is 4.79 Å². The molecular formula is C11H10F6O. The zero-order valence-corrected chi connectivity index (χ0v) is 9.11. The Labute approximate surface area is 98.5 Å². The highest BCUT2D eigenvalue weighted by molar-refractivity contribution is 5.96. The summed E-state index contributed by atoms with van der Waals surface area (Å²) in [5, 5.41) is 0. The van der Waals surface area contributed by atoms with E-state index in [4.69, 9.17) is 0 Å². The normalized spacial score (nSPS) is 41.8. The molecule has 0 unspecified atom stereocenters. The molecular weight excluding hydrogens is 262 g/mol. The smallest absolute Gasteiger partial charge is 0.298 e. The van der Waals surface area contributed by atoms with Gasteiger partial charge in [-0.15, -0.1) is 0 Å². The van der Waals surface area contributed by atoms with Crippen molar-refractivity contribution < 1.29 is 31.1 Å². The molecule has 102 valence electrons. The van der Waals surface area contributed by atoms with Crippen LogP contribution in [0.5, 0.6) is 0 Å². The Kier molecular flexibility index (Phi) is 2.08. The Morgan fingerprint density at radius 3 is 1.94 bits per heavy atom. The van der Waals surface area contributed by atoms with Gasteiger partial charge in [0.2, 0.25) is 5.41 Å². The number of alkyl halides is 6. The molecule has 3 rings (SSSR count). The lowest BCUT2D eigenvalue weighted by molar-refractivity contribution is -0.368. The number of carbonyl (C=O) groups excluding carboxylic acids is 1. The average Bonchev–Trinajstić information content (AvgIpc) is 2.69. The summed E-state index contributed by atoms with van der Waals surface area (Å²) in [6.45, 7) is 0. The van der Waals surface area contributed by atoms with Crippen LogP contribution in [0, 0.1) is 29.1 Å². The summed E-state index contributed by atoms with van der Waals surface area (Å²) in [5.74, 6) is -5.07. The molecule has 0 amide bonds. The summed E-state index contributed by atoms with van der Waals surface area (Å²) in [4.78, 5) is 11.6. The second kappa shape index (κ2) is 3.04. The molecule has 3 fully saturated rings. The van der Waals surface area contributed by atoms with Gasteiger partial charge in [-0.1, -0.05) is 0 Å². The molecule has 0 radical (unpaired) electrons. The van der Waals surface area contributed by atoms with Gasteiger partial charge in [0.15, 0.2) is 5.78 Å². The van der Waals surface area contributed by atoms with Crippen molar-refractivity contribution in [3.05, 3.63) is 0 Å². The Morgan fingerprint density at radius 1 is 0.944 bits per heavy atom. The zero-order valence-electron chi connectivity index (χ0n) is 9.11. The predicted molar refractivity (Wildman–Crippen MR) is 47.4 cm³/mol. The highest BCUT2D eigenvalue weighted by Crippen LogP contribution is 2.74. The minimum atomic E-state index is -5.53. The predicted octanol–water partition coefficient (Wildman–Crippen LogP) is 3.34. The molecule has 7 heteroatoms. The molecule has 0 spiro atoms. The standard InChI is InChI=1S/C11H10F6O/c12-10(13,14)9(11(15,16)17)7-5-2-1-4(3-5)6(7)8(9)18/h4-7H,1-3H2/t4-,5+,6+,7-/m0/s1.